The molecular formula is C11H11N3O3. The standard InChI is InChI=1S/C11H11N3O3/c1-17-10-4-8(12)2-3-9(10)7-5-13-14(6-7)11(15)16/h2-6H,12H2,1H3,(H,15,16). The quantitative estimate of drug-likeness (QED) is 0.770. The van der Waals surface area contributed by atoms with Crippen LogP contribution in [0, 0.1) is 0 Å². The van der Waals surface area contributed by atoms with Crippen molar-refractivity contribution in [2.45, 2.75) is 0 Å². The molecule has 0 bridgehead atoms. The largest absolute Gasteiger partial charge is 0.496 e. The minimum atomic E-state index is -1.13. The van der Waals surface area contributed by atoms with Gasteiger partial charge >= 0.3 is 6.09 Å². The SMILES string of the molecule is COc1cc(N)ccc1-c1cnn(C(=O)O)c1. The Morgan fingerprint density at radius 3 is 2.88 bits per heavy atom. The summed E-state index contributed by atoms with van der Waals surface area (Å²) in [5, 5.41) is 12.5. The Labute approximate surface area is 97.2 Å². The number of hydrogen-bond acceptors (Lipinski definition) is 4. The number of anilines is 1. The lowest BCUT2D eigenvalue weighted by molar-refractivity contribution is 0.192. The van der Waals surface area contributed by atoms with E-state index in [0.717, 1.165) is 10.2 Å². The molecule has 0 atom stereocenters. The Kier molecular flexibility index (Phi) is 2.70. The van der Waals surface area contributed by atoms with E-state index in [4.69, 9.17) is 15.6 Å². The van der Waals surface area contributed by atoms with Crippen LogP contribution in [-0.4, -0.2) is 28.1 Å². The molecule has 0 unspecified atom stereocenters. The van der Waals surface area contributed by atoms with Crippen LogP contribution >= 0.6 is 0 Å². The average Bonchev–Trinajstić information content (AvgIpc) is 2.78. The van der Waals surface area contributed by atoms with E-state index in [0.29, 0.717) is 17.0 Å². The third kappa shape index (κ3) is 2.05. The fraction of sp³-hybridized carbons (Fsp3) is 0.0909. The van der Waals surface area contributed by atoms with Gasteiger partial charge in [0.25, 0.3) is 0 Å². The Morgan fingerprint density at radius 1 is 1.53 bits per heavy atom. The molecule has 0 saturated carbocycles. The molecular weight excluding hydrogens is 222 g/mol. The number of rotatable bonds is 2. The van der Waals surface area contributed by atoms with Gasteiger partial charge in [-0.3, -0.25) is 0 Å². The number of hydrogen-bond donors (Lipinski definition) is 2. The van der Waals surface area contributed by atoms with Gasteiger partial charge in [0, 0.05) is 29.1 Å². The van der Waals surface area contributed by atoms with Crippen molar-refractivity contribution in [2.75, 3.05) is 12.8 Å². The molecule has 6 nitrogen and oxygen atoms in total. The van der Waals surface area contributed by atoms with Crippen molar-refractivity contribution < 1.29 is 14.6 Å². The van der Waals surface area contributed by atoms with Gasteiger partial charge < -0.3 is 15.6 Å². The van der Waals surface area contributed by atoms with Gasteiger partial charge in [-0.15, -0.1) is 0 Å². The number of benzene rings is 1. The smallest absolute Gasteiger partial charge is 0.432 e. The maximum absolute atomic E-state index is 10.7. The molecule has 0 aliphatic rings. The van der Waals surface area contributed by atoms with Gasteiger partial charge in [-0.05, 0) is 12.1 Å². The molecule has 1 aromatic carbocycles. The zero-order valence-corrected chi connectivity index (χ0v) is 9.12. The maximum Gasteiger partial charge on any atom is 0.432 e. The molecule has 1 heterocycles. The Morgan fingerprint density at radius 2 is 2.29 bits per heavy atom. The first-order valence-electron chi connectivity index (χ1n) is 4.83. The highest BCUT2D eigenvalue weighted by Crippen LogP contribution is 2.31. The van der Waals surface area contributed by atoms with Crippen molar-refractivity contribution >= 4 is 11.8 Å². The van der Waals surface area contributed by atoms with Crippen LogP contribution in [0.4, 0.5) is 10.5 Å². The molecule has 0 fully saturated rings. The minimum absolute atomic E-state index is 0.579. The van der Waals surface area contributed by atoms with E-state index in [2.05, 4.69) is 5.10 Å². The van der Waals surface area contributed by atoms with Crippen molar-refractivity contribution in [1.82, 2.24) is 9.78 Å². The number of nitrogens with zero attached hydrogens (tertiary/aromatic N) is 2. The zero-order valence-electron chi connectivity index (χ0n) is 9.12. The summed E-state index contributed by atoms with van der Waals surface area (Å²) < 4.78 is 6.02. The van der Waals surface area contributed by atoms with E-state index in [9.17, 15) is 4.79 Å². The monoisotopic (exact) mass is 233 g/mol. The molecule has 2 rings (SSSR count). The molecule has 1 aromatic heterocycles. The fourth-order valence-corrected chi connectivity index (χ4v) is 1.51. The van der Waals surface area contributed by atoms with Crippen LogP contribution in [0.5, 0.6) is 5.75 Å². The Balaban J connectivity index is 2.48. The number of nitrogen functional groups attached to an aromatic ring is 1. The number of carbonyl (C=O) groups is 1. The summed E-state index contributed by atoms with van der Waals surface area (Å²) in [4.78, 5) is 10.7. The summed E-state index contributed by atoms with van der Waals surface area (Å²) >= 11 is 0. The third-order valence-corrected chi connectivity index (χ3v) is 2.32. The van der Waals surface area contributed by atoms with Crippen LogP contribution < -0.4 is 10.5 Å². The number of aromatic nitrogens is 2. The molecule has 88 valence electrons. The van der Waals surface area contributed by atoms with Crippen molar-refractivity contribution in [3.63, 3.8) is 0 Å². The maximum atomic E-state index is 10.7. The van der Waals surface area contributed by atoms with Gasteiger partial charge in [-0.1, -0.05) is 0 Å². The molecule has 0 aliphatic heterocycles. The van der Waals surface area contributed by atoms with Gasteiger partial charge in [0.15, 0.2) is 0 Å². The van der Waals surface area contributed by atoms with Crippen LogP contribution in [-0.2, 0) is 0 Å². The van der Waals surface area contributed by atoms with E-state index in [-0.39, 0.29) is 0 Å². The predicted octanol–water partition coefficient (Wildman–Crippen LogP) is 1.67. The minimum Gasteiger partial charge on any atom is -0.496 e. The van der Waals surface area contributed by atoms with Crippen LogP contribution in [0.25, 0.3) is 11.1 Å². The van der Waals surface area contributed by atoms with Crippen LogP contribution in [0.2, 0.25) is 0 Å². The van der Waals surface area contributed by atoms with Crippen molar-refractivity contribution in [1.29, 1.82) is 0 Å². The number of carboxylic acid groups (broad SMARTS) is 1. The van der Waals surface area contributed by atoms with Gasteiger partial charge in [0.1, 0.15) is 5.75 Å². The lowest BCUT2D eigenvalue weighted by Gasteiger charge is -2.07. The number of nitrogens with two attached hydrogens (primary N) is 1. The van der Waals surface area contributed by atoms with E-state index in [1.165, 1.54) is 19.5 Å². The second-order valence-corrected chi connectivity index (χ2v) is 3.42. The van der Waals surface area contributed by atoms with Gasteiger partial charge in [0.05, 0.1) is 13.3 Å². The molecule has 6 heteroatoms. The molecule has 3 N–H and O–H groups in total. The average molecular weight is 233 g/mol. The first-order chi connectivity index (χ1) is 8.11. The normalized spacial score (nSPS) is 10.2. The van der Waals surface area contributed by atoms with Gasteiger partial charge in [0.2, 0.25) is 0 Å². The van der Waals surface area contributed by atoms with E-state index in [1.54, 1.807) is 18.2 Å². The summed E-state index contributed by atoms with van der Waals surface area (Å²) in [6, 6.07) is 5.15. The summed E-state index contributed by atoms with van der Waals surface area (Å²) in [5.41, 5.74) is 7.62. The highest BCUT2D eigenvalue weighted by atomic mass is 16.5. The van der Waals surface area contributed by atoms with Crippen LogP contribution in [0.15, 0.2) is 30.6 Å². The van der Waals surface area contributed by atoms with Gasteiger partial charge in [-0.25, -0.2) is 4.79 Å². The zero-order chi connectivity index (χ0) is 12.4. The Bertz CT molecular complexity index is 563. The fourth-order valence-electron chi connectivity index (χ4n) is 1.51. The first kappa shape index (κ1) is 11.0. The number of ether oxygens (including phenoxy) is 1. The summed E-state index contributed by atoms with van der Waals surface area (Å²) in [7, 11) is 1.53. The lowest BCUT2D eigenvalue weighted by atomic mass is 10.1. The first-order valence-corrected chi connectivity index (χ1v) is 4.83. The summed E-state index contributed by atoms with van der Waals surface area (Å²) in [6.45, 7) is 0. The molecule has 2 aromatic rings. The topological polar surface area (TPSA) is 90.4 Å². The molecule has 0 amide bonds. The second kappa shape index (κ2) is 4.17. The summed E-state index contributed by atoms with van der Waals surface area (Å²) in [6.07, 6.45) is 1.74. The summed E-state index contributed by atoms with van der Waals surface area (Å²) in [5.74, 6) is 0.579. The molecule has 0 spiro atoms. The second-order valence-electron chi connectivity index (χ2n) is 3.42. The molecule has 17 heavy (non-hydrogen) atoms. The van der Waals surface area contributed by atoms with E-state index >= 15 is 0 Å². The van der Waals surface area contributed by atoms with Crippen LogP contribution in [0.3, 0.4) is 0 Å². The third-order valence-electron chi connectivity index (χ3n) is 2.32. The lowest BCUT2D eigenvalue weighted by Crippen LogP contribution is -2.07. The molecule has 0 aliphatic carbocycles. The van der Waals surface area contributed by atoms with E-state index in [1.807, 2.05) is 0 Å². The Hall–Kier alpha value is -2.50. The van der Waals surface area contributed by atoms with Gasteiger partial charge in [-0.2, -0.15) is 9.78 Å². The molecule has 0 saturated heterocycles. The molecule has 0 radical (unpaired) electrons. The highest BCUT2D eigenvalue weighted by molar-refractivity contribution is 5.75. The van der Waals surface area contributed by atoms with Crippen molar-refractivity contribution in [3.05, 3.63) is 30.6 Å². The predicted molar refractivity (Wildman–Crippen MR) is 62.1 cm³/mol. The number of methoxy groups -OCH3 is 1. The van der Waals surface area contributed by atoms with Crippen LogP contribution in [0.1, 0.15) is 0 Å². The van der Waals surface area contributed by atoms with E-state index < -0.39 is 6.09 Å². The van der Waals surface area contributed by atoms with Crippen molar-refractivity contribution in [2.24, 2.45) is 0 Å². The highest BCUT2D eigenvalue weighted by Gasteiger charge is 2.10. The van der Waals surface area contributed by atoms with Crippen molar-refractivity contribution in [3.8, 4) is 16.9 Å².